The summed E-state index contributed by atoms with van der Waals surface area (Å²) in [6.07, 6.45) is 2.03. The standard InChI is InChI=1S/C18H25N/c1-12-13(2)15(4)18(14(12)3)11-17(19)10-16-8-6-5-7-9-16/h5-9,17-18H,10-11,19H2,1-4H3. The van der Waals surface area contributed by atoms with Gasteiger partial charge in [0.2, 0.25) is 0 Å². The highest BCUT2D eigenvalue weighted by atomic mass is 14.6. The van der Waals surface area contributed by atoms with Crippen LogP contribution >= 0.6 is 0 Å². The molecule has 19 heavy (non-hydrogen) atoms. The van der Waals surface area contributed by atoms with Crippen molar-refractivity contribution in [2.75, 3.05) is 0 Å². The van der Waals surface area contributed by atoms with Crippen LogP contribution in [0, 0.1) is 5.92 Å². The Bertz CT molecular complexity index is 484. The third-order valence-corrected chi connectivity index (χ3v) is 4.67. The fourth-order valence-electron chi connectivity index (χ4n) is 3.10. The van der Waals surface area contributed by atoms with Crippen molar-refractivity contribution in [1.82, 2.24) is 0 Å². The Kier molecular flexibility index (Phi) is 4.26. The summed E-state index contributed by atoms with van der Waals surface area (Å²) >= 11 is 0. The van der Waals surface area contributed by atoms with E-state index in [1.165, 1.54) is 27.9 Å². The van der Waals surface area contributed by atoms with E-state index in [4.69, 9.17) is 5.73 Å². The fraction of sp³-hybridized carbons (Fsp3) is 0.444. The molecule has 0 radical (unpaired) electrons. The van der Waals surface area contributed by atoms with Gasteiger partial charge in [0.25, 0.3) is 0 Å². The van der Waals surface area contributed by atoms with E-state index in [0.29, 0.717) is 5.92 Å². The van der Waals surface area contributed by atoms with E-state index in [2.05, 4.69) is 58.0 Å². The van der Waals surface area contributed by atoms with Gasteiger partial charge >= 0.3 is 0 Å². The molecule has 1 unspecified atom stereocenters. The monoisotopic (exact) mass is 255 g/mol. The number of hydrogen-bond acceptors (Lipinski definition) is 1. The van der Waals surface area contributed by atoms with Gasteiger partial charge in [-0.1, -0.05) is 41.5 Å². The van der Waals surface area contributed by atoms with Gasteiger partial charge in [0.05, 0.1) is 0 Å². The maximum atomic E-state index is 6.36. The number of benzene rings is 1. The van der Waals surface area contributed by atoms with Gasteiger partial charge in [0, 0.05) is 12.0 Å². The van der Waals surface area contributed by atoms with Crippen molar-refractivity contribution in [2.24, 2.45) is 11.7 Å². The molecule has 1 nitrogen and oxygen atoms in total. The van der Waals surface area contributed by atoms with Crippen LogP contribution in [-0.4, -0.2) is 6.04 Å². The lowest BCUT2D eigenvalue weighted by Gasteiger charge is -2.20. The molecule has 1 aromatic rings. The Morgan fingerprint density at radius 2 is 1.47 bits per heavy atom. The van der Waals surface area contributed by atoms with E-state index in [1.807, 2.05) is 0 Å². The zero-order valence-electron chi connectivity index (χ0n) is 12.5. The van der Waals surface area contributed by atoms with Crippen LogP contribution in [0.15, 0.2) is 52.6 Å². The van der Waals surface area contributed by atoms with Crippen LogP contribution in [0.25, 0.3) is 0 Å². The van der Waals surface area contributed by atoms with Gasteiger partial charge in [-0.25, -0.2) is 0 Å². The molecule has 1 aliphatic rings. The highest BCUT2D eigenvalue weighted by Crippen LogP contribution is 2.39. The predicted molar refractivity (Wildman–Crippen MR) is 83.0 cm³/mol. The van der Waals surface area contributed by atoms with Crippen LogP contribution in [-0.2, 0) is 6.42 Å². The zero-order chi connectivity index (χ0) is 14.0. The molecule has 0 bridgehead atoms. The summed E-state index contributed by atoms with van der Waals surface area (Å²) < 4.78 is 0. The maximum Gasteiger partial charge on any atom is 0.00881 e. The van der Waals surface area contributed by atoms with Crippen molar-refractivity contribution in [3.05, 3.63) is 58.2 Å². The molecule has 0 heterocycles. The summed E-state index contributed by atoms with van der Waals surface area (Å²) in [6, 6.07) is 10.8. The molecule has 0 saturated heterocycles. The van der Waals surface area contributed by atoms with E-state index in [-0.39, 0.29) is 6.04 Å². The van der Waals surface area contributed by atoms with Crippen LogP contribution < -0.4 is 5.73 Å². The minimum absolute atomic E-state index is 0.232. The number of allylic oxidation sites excluding steroid dienone is 4. The molecule has 1 heteroatoms. The first-order chi connectivity index (χ1) is 9.00. The molecule has 102 valence electrons. The van der Waals surface area contributed by atoms with E-state index in [1.54, 1.807) is 0 Å². The van der Waals surface area contributed by atoms with Crippen molar-refractivity contribution >= 4 is 0 Å². The maximum absolute atomic E-state index is 6.36. The molecule has 0 amide bonds. The Labute approximate surface area is 117 Å². The summed E-state index contributed by atoms with van der Waals surface area (Å²) in [5, 5.41) is 0. The highest BCUT2D eigenvalue weighted by Gasteiger charge is 2.25. The lowest BCUT2D eigenvalue weighted by Crippen LogP contribution is -2.26. The zero-order valence-corrected chi connectivity index (χ0v) is 12.5. The number of rotatable bonds is 4. The average Bonchev–Trinajstić information content (AvgIpc) is 2.58. The van der Waals surface area contributed by atoms with Crippen molar-refractivity contribution < 1.29 is 0 Å². The van der Waals surface area contributed by atoms with Crippen LogP contribution in [0.2, 0.25) is 0 Å². The van der Waals surface area contributed by atoms with Gasteiger partial charge in [0.1, 0.15) is 0 Å². The van der Waals surface area contributed by atoms with Gasteiger partial charge in [-0.3, -0.25) is 0 Å². The van der Waals surface area contributed by atoms with Crippen molar-refractivity contribution in [2.45, 2.75) is 46.6 Å². The molecule has 1 aliphatic carbocycles. The highest BCUT2D eigenvalue weighted by molar-refractivity contribution is 5.46. The molecule has 2 rings (SSSR count). The molecule has 1 atom stereocenters. The number of hydrogen-bond donors (Lipinski definition) is 1. The molecule has 0 aliphatic heterocycles. The molecule has 0 spiro atoms. The van der Waals surface area contributed by atoms with Crippen LogP contribution in [0.3, 0.4) is 0 Å². The summed E-state index contributed by atoms with van der Waals surface area (Å²) in [6.45, 7) is 8.98. The lowest BCUT2D eigenvalue weighted by atomic mass is 9.88. The first-order valence-corrected chi connectivity index (χ1v) is 7.15. The summed E-state index contributed by atoms with van der Waals surface area (Å²) in [5.74, 6) is 0.554. The van der Waals surface area contributed by atoms with Crippen LogP contribution in [0.1, 0.15) is 39.7 Å². The third kappa shape index (κ3) is 2.98. The van der Waals surface area contributed by atoms with E-state index >= 15 is 0 Å². The fourth-order valence-corrected chi connectivity index (χ4v) is 3.10. The second kappa shape index (κ2) is 5.75. The lowest BCUT2D eigenvalue weighted by molar-refractivity contribution is 0.530. The van der Waals surface area contributed by atoms with Crippen LogP contribution in [0.4, 0.5) is 0 Å². The molecule has 0 saturated carbocycles. The minimum atomic E-state index is 0.232. The third-order valence-electron chi connectivity index (χ3n) is 4.67. The first kappa shape index (κ1) is 14.1. The Morgan fingerprint density at radius 3 is 2.00 bits per heavy atom. The topological polar surface area (TPSA) is 26.0 Å². The second-order valence-electron chi connectivity index (χ2n) is 5.85. The smallest absolute Gasteiger partial charge is 0.00881 e. The Hall–Kier alpha value is -1.34. The Morgan fingerprint density at radius 1 is 0.947 bits per heavy atom. The average molecular weight is 255 g/mol. The Balaban J connectivity index is 2.03. The predicted octanol–water partition coefficient (Wildman–Crippen LogP) is 4.25. The molecule has 2 N–H and O–H groups in total. The molecular weight excluding hydrogens is 230 g/mol. The van der Waals surface area contributed by atoms with Crippen molar-refractivity contribution in [1.29, 1.82) is 0 Å². The number of nitrogens with two attached hydrogens (primary N) is 1. The normalized spacial score (nSPS) is 18.4. The van der Waals surface area contributed by atoms with Gasteiger partial charge in [0.15, 0.2) is 0 Å². The summed E-state index contributed by atoms with van der Waals surface area (Å²) in [4.78, 5) is 0. The second-order valence-corrected chi connectivity index (χ2v) is 5.85. The quantitative estimate of drug-likeness (QED) is 0.855. The molecule has 1 aromatic carbocycles. The molecule has 0 aromatic heterocycles. The van der Waals surface area contributed by atoms with Crippen molar-refractivity contribution in [3.8, 4) is 0 Å². The van der Waals surface area contributed by atoms with E-state index in [9.17, 15) is 0 Å². The van der Waals surface area contributed by atoms with Crippen molar-refractivity contribution in [3.63, 3.8) is 0 Å². The molecule has 0 fully saturated rings. The minimum Gasteiger partial charge on any atom is -0.327 e. The molecular formula is C18H25N. The van der Waals surface area contributed by atoms with E-state index in [0.717, 1.165) is 12.8 Å². The van der Waals surface area contributed by atoms with E-state index < -0.39 is 0 Å². The summed E-state index contributed by atoms with van der Waals surface area (Å²) in [7, 11) is 0. The van der Waals surface area contributed by atoms with Gasteiger partial charge < -0.3 is 5.73 Å². The van der Waals surface area contributed by atoms with Gasteiger partial charge in [-0.15, -0.1) is 0 Å². The van der Waals surface area contributed by atoms with Gasteiger partial charge in [-0.2, -0.15) is 0 Å². The largest absolute Gasteiger partial charge is 0.327 e. The SMILES string of the molecule is CC1=C(C)C(CC(N)Cc2ccccc2)C(C)=C1C. The van der Waals surface area contributed by atoms with Gasteiger partial charge in [-0.05, 0) is 57.2 Å². The summed E-state index contributed by atoms with van der Waals surface area (Å²) in [5.41, 5.74) is 13.7. The first-order valence-electron chi connectivity index (χ1n) is 7.15. The van der Waals surface area contributed by atoms with Crippen LogP contribution in [0.5, 0.6) is 0 Å².